The third kappa shape index (κ3) is 4.63. The first kappa shape index (κ1) is 16.2. The molecule has 0 aliphatic heterocycles. The number of halogens is 1. The molecule has 1 saturated carbocycles. The Morgan fingerprint density at radius 2 is 2.00 bits per heavy atom. The van der Waals surface area contributed by atoms with E-state index in [1.165, 1.54) is 26.4 Å². The maximum atomic E-state index is 12.0. The lowest BCUT2D eigenvalue weighted by molar-refractivity contribution is 0.0931. The monoisotopic (exact) mass is 309 g/mol. The van der Waals surface area contributed by atoms with Crippen molar-refractivity contribution < 1.29 is 9.53 Å². The predicted octanol–water partition coefficient (Wildman–Crippen LogP) is 4.67. The molecular formula is C17H24ClNO2. The predicted molar refractivity (Wildman–Crippen MR) is 85.8 cm³/mol. The second-order valence-electron chi connectivity index (χ2n) is 5.65. The lowest BCUT2D eigenvalue weighted by atomic mass is 9.94. The van der Waals surface area contributed by atoms with E-state index in [0.717, 1.165) is 42.8 Å². The number of amides is 1. The van der Waals surface area contributed by atoms with Crippen LogP contribution in [0.25, 0.3) is 0 Å². The molecule has 1 amide bonds. The second-order valence-corrected chi connectivity index (χ2v) is 6.06. The van der Waals surface area contributed by atoms with Crippen molar-refractivity contribution in [3.63, 3.8) is 0 Å². The van der Waals surface area contributed by atoms with E-state index in [-0.39, 0.29) is 6.09 Å². The number of benzene rings is 1. The Morgan fingerprint density at radius 3 is 2.67 bits per heavy atom. The van der Waals surface area contributed by atoms with Crippen LogP contribution in [0, 0.1) is 0 Å². The van der Waals surface area contributed by atoms with Crippen LogP contribution in [0.2, 0.25) is 5.02 Å². The normalized spacial score (nSPS) is 15.7. The smallest absolute Gasteiger partial charge is 0.409 e. The van der Waals surface area contributed by atoms with Gasteiger partial charge in [0, 0.05) is 17.6 Å². The molecule has 0 atom stereocenters. The van der Waals surface area contributed by atoms with Crippen molar-refractivity contribution >= 4 is 17.7 Å². The highest BCUT2D eigenvalue weighted by Gasteiger charge is 2.25. The van der Waals surface area contributed by atoms with E-state index in [9.17, 15) is 4.79 Å². The van der Waals surface area contributed by atoms with E-state index in [1.54, 1.807) is 0 Å². The van der Waals surface area contributed by atoms with Crippen molar-refractivity contribution in [1.29, 1.82) is 0 Å². The molecule has 0 unspecified atom stereocenters. The number of aryl methyl sites for hydroxylation is 1. The molecular weight excluding hydrogens is 286 g/mol. The molecule has 0 heterocycles. The van der Waals surface area contributed by atoms with Crippen LogP contribution < -0.4 is 0 Å². The van der Waals surface area contributed by atoms with Gasteiger partial charge < -0.3 is 9.64 Å². The van der Waals surface area contributed by atoms with Crippen LogP contribution in [0.3, 0.4) is 0 Å². The molecule has 0 saturated heterocycles. The molecule has 0 aromatic heterocycles. The molecule has 1 aromatic rings. The molecule has 116 valence electrons. The maximum Gasteiger partial charge on any atom is 0.409 e. The highest BCUT2D eigenvalue weighted by atomic mass is 35.5. The third-order valence-corrected chi connectivity index (χ3v) is 4.60. The number of nitrogens with zero attached hydrogens (tertiary/aromatic N) is 1. The zero-order valence-electron chi connectivity index (χ0n) is 12.7. The highest BCUT2D eigenvalue weighted by molar-refractivity contribution is 6.31. The molecule has 0 radical (unpaired) electrons. The topological polar surface area (TPSA) is 29.5 Å². The average molecular weight is 310 g/mol. The van der Waals surface area contributed by atoms with Crippen LogP contribution in [0.15, 0.2) is 24.3 Å². The van der Waals surface area contributed by atoms with E-state index >= 15 is 0 Å². The molecule has 1 fully saturated rings. The third-order valence-electron chi connectivity index (χ3n) is 4.23. The van der Waals surface area contributed by atoms with E-state index in [2.05, 4.69) is 0 Å². The second kappa shape index (κ2) is 8.28. The van der Waals surface area contributed by atoms with Gasteiger partial charge in [-0.15, -0.1) is 0 Å². The van der Waals surface area contributed by atoms with Crippen LogP contribution in [0.1, 0.15) is 44.1 Å². The number of rotatable bonds is 5. The number of methoxy groups -OCH3 is 1. The SMILES string of the molecule is COC(=O)N(CCCc1ccccc1Cl)C1CCCCC1. The Balaban J connectivity index is 1.89. The summed E-state index contributed by atoms with van der Waals surface area (Å²) in [5.41, 5.74) is 1.15. The fourth-order valence-corrected chi connectivity index (χ4v) is 3.30. The summed E-state index contributed by atoms with van der Waals surface area (Å²) >= 11 is 6.17. The summed E-state index contributed by atoms with van der Waals surface area (Å²) in [6.45, 7) is 0.739. The van der Waals surface area contributed by atoms with E-state index in [0.29, 0.717) is 6.04 Å². The van der Waals surface area contributed by atoms with Gasteiger partial charge in [0.15, 0.2) is 0 Å². The highest BCUT2D eigenvalue weighted by Crippen LogP contribution is 2.24. The van der Waals surface area contributed by atoms with Crippen LogP contribution in [-0.2, 0) is 11.2 Å². The van der Waals surface area contributed by atoms with Gasteiger partial charge in [-0.05, 0) is 37.3 Å². The van der Waals surface area contributed by atoms with Crippen LogP contribution >= 0.6 is 11.6 Å². The Morgan fingerprint density at radius 1 is 1.29 bits per heavy atom. The standard InChI is InChI=1S/C17H24ClNO2/c1-21-17(20)19(15-10-3-2-4-11-15)13-7-9-14-8-5-6-12-16(14)18/h5-6,8,12,15H,2-4,7,9-11,13H2,1H3. The summed E-state index contributed by atoms with van der Waals surface area (Å²) in [5, 5.41) is 0.805. The quantitative estimate of drug-likeness (QED) is 0.790. The molecule has 3 nitrogen and oxygen atoms in total. The van der Waals surface area contributed by atoms with Crippen LogP contribution in [-0.4, -0.2) is 30.7 Å². The minimum Gasteiger partial charge on any atom is -0.453 e. The van der Waals surface area contributed by atoms with Crippen molar-refractivity contribution in [3.05, 3.63) is 34.9 Å². The Bertz CT molecular complexity index is 458. The molecule has 4 heteroatoms. The van der Waals surface area contributed by atoms with Gasteiger partial charge in [-0.3, -0.25) is 0 Å². The maximum absolute atomic E-state index is 12.0. The molecule has 1 aliphatic rings. The Labute approximate surface area is 132 Å². The van der Waals surface area contributed by atoms with Gasteiger partial charge in [0.25, 0.3) is 0 Å². The first-order valence-corrected chi connectivity index (χ1v) is 8.18. The number of carbonyl (C=O) groups excluding carboxylic acids is 1. The Hall–Kier alpha value is -1.22. The summed E-state index contributed by atoms with van der Waals surface area (Å²) < 4.78 is 4.95. The number of carbonyl (C=O) groups is 1. The number of hydrogen-bond acceptors (Lipinski definition) is 2. The summed E-state index contributed by atoms with van der Waals surface area (Å²) in [6, 6.07) is 8.24. The van der Waals surface area contributed by atoms with Crippen molar-refractivity contribution in [2.75, 3.05) is 13.7 Å². The summed E-state index contributed by atoms with van der Waals surface area (Å²) in [5.74, 6) is 0. The zero-order valence-corrected chi connectivity index (χ0v) is 13.4. The minimum atomic E-state index is -0.193. The zero-order chi connectivity index (χ0) is 15.1. The fraction of sp³-hybridized carbons (Fsp3) is 0.588. The molecule has 0 spiro atoms. The Kier molecular flexibility index (Phi) is 6.37. The largest absolute Gasteiger partial charge is 0.453 e. The van der Waals surface area contributed by atoms with E-state index in [1.807, 2.05) is 29.2 Å². The summed E-state index contributed by atoms with van der Waals surface area (Å²) in [7, 11) is 1.46. The van der Waals surface area contributed by atoms with Crippen molar-refractivity contribution in [2.24, 2.45) is 0 Å². The van der Waals surface area contributed by atoms with Crippen molar-refractivity contribution in [1.82, 2.24) is 4.90 Å². The lowest BCUT2D eigenvalue weighted by Crippen LogP contribution is -2.42. The average Bonchev–Trinajstić information content (AvgIpc) is 2.53. The van der Waals surface area contributed by atoms with Gasteiger partial charge in [-0.25, -0.2) is 4.79 Å². The van der Waals surface area contributed by atoms with Gasteiger partial charge in [0.1, 0.15) is 0 Å². The van der Waals surface area contributed by atoms with E-state index in [4.69, 9.17) is 16.3 Å². The van der Waals surface area contributed by atoms with E-state index < -0.39 is 0 Å². The van der Waals surface area contributed by atoms with Gasteiger partial charge >= 0.3 is 6.09 Å². The minimum absolute atomic E-state index is 0.193. The van der Waals surface area contributed by atoms with Crippen LogP contribution in [0.4, 0.5) is 4.79 Å². The van der Waals surface area contributed by atoms with Gasteiger partial charge in [-0.2, -0.15) is 0 Å². The van der Waals surface area contributed by atoms with Gasteiger partial charge in [0.2, 0.25) is 0 Å². The van der Waals surface area contributed by atoms with Crippen molar-refractivity contribution in [3.8, 4) is 0 Å². The molecule has 21 heavy (non-hydrogen) atoms. The van der Waals surface area contributed by atoms with Gasteiger partial charge in [-0.1, -0.05) is 49.1 Å². The number of hydrogen-bond donors (Lipinski definition) is 0. The molecule has 1 aliphatic carbocycles. The van der Waals surface area contributed by atoms with Crippen molar-refractivity contribution in [2.45, 2.75) is 51.0 Å². The molecule has 2 rings (SSSR count). The summed E-state index contributed by atoms with van der Waals surface area (Å²) in [6.07, 6.45) is 7.51. The fourth-order valence-electron chi connectivity index (χ4n) is 3.07. The summed E-state index contributed by atoms with van der Waals surface area (Å²) in [4.78, 5) is 13.9. The molecule has 0 N–H and O–H groups in total. The van der Waals surface area contributed by atoms with Crippen LogP contribution in [0.5, 0.6) is 0 Å². The first-order valence-electron chi connectivity index (χ1n) is 7.80. The van der Waals surface area contributed by atoms with Gasteiger partial charge in [0.05, 0.1) is 7.11 Å². The number of ether oxygens (including phenoxy) is 1. The first-order chi connectivity index (χ1) is 10.2. The molecule has 0 bridgehead atoms. The molecule has 1 aromatic carbocycles. The lowest BCUT2D eigenvalue weighted by Gasteiger charge is -2.33.